The van der Waals surface area contributed by atoms with Gasteiger partial charge >= 0.3 is 6.18 Å². The molecule has 0 bridgehead atoms. The van der Waals surface area contributed by atoms with Crippen molar-refractivity contribution >= 4 is 17.7 Å². The highest BCUT2D eigenvalue weighted by Gasteiger charge is 2.53. The second-order valence-corrected chi connectivity index (χ2v) is 4.23. The fraction of sp³-hybridized carbons (Fsp3) is 0.556. The van der Waals surface area contributed by atoms with Gasteiger partial charge in [-0.1, -0.05) is 11.6 Å². The fourth-order valence-electron chi connectivity index (χ4n) is 1.74. The monoisotopic (exact) mass is 265 g/mol. The number of hydrogen-bond acceptors (Lipinski definition) is 3. The Balaban J connectivity index is 2.64. The summed E-state index contributed by atoms with van der Waals surface area (Å²) in [6.45, 7) is 0. The predicted molar refractivity (Wildman–Crippen MR) is 52.3 cm³/mol. The Bertz CT molecular complexity index is 512. The lowest BCUT2D eigenvalue weighted by Gasteiger charge is -2.10. The Kier molecular flexibility index (Phi) is 2.56. The fourth-order valence-corrected chi connectivity index (χ4v) is 2.04. The van der Waals surface area contributed by atoms with Crippen molar-refractivity contribution in [3.05, 3.63) is 16.4 Å². The molecule has 1 aromatic heterocycles. The first-order valence-corrected chi connectivity index (χ1v) is 5.09. The molecule has 1 aliphatic carbocycles. The second-order valence-electron chi connectivity index (χ2n) is 3.87. The molecule has 0 aromatic carbocycles. The normalized spacial score (nSPS) is 17.7. The number of aromatic nitrogens is 2. The molecule has 4 nitrogen and oxygen atoms in total. The molecule has 8 heteroatoms. The number of isocyanates is 1. The van der Waals surface area contributed by atoms with Crippen LogP contribution in [0.1, 0.15) is 24.1 Å². The van der Waals surface area contributed by atoms with Gasteiger partial charge in [-0.2, -0.15) is 23.3 Å². The quantitative estimate of drug-likeness (QED) is 0.609. The van der Waals surface area contributed by atoms with Crippen LogP contribution in [0.2, 0.25) is 5.15 Å². The first kappa shape index (κ1) is 12.1. The number of rotatable bonds is 2. The van der Waals surface area contributed by atoms with Crippen molar-refractivity contribution in [1.82, 2.24) is 9.78 Å². The van der Waals surface area contributed by atoms with E-state index in [0.29, 0.717) is 12.8 Å². The Morgan fingerprint density at radius 2 is 2.12 bits per heavy atom. The van der Waals surface area contributed by atoms with Gasteiger partial charge in [0.05, 0.1) is 5.56 Å². The van der Waals surface area contributed by atoms with Gasteiger partial charge < -0.3 is 0 Å². The number of alkyl halides is 3. The highest BCUT2D eigenvalue weighted by atomic mass is 35.5. The van der Waals surface area contributed by atoms with E-state index in [9.17, 15) is 18.0 Å². The van der Waals surface area contributed by atoms with E-state index in [4.69, 9.17) is 11.6 Å². The summed E-state index contributed by atoms with van der Waals surface area (Å²) in [7, 11) is 1.31. The largest absolute Gasteiger partial charge is 0.435 e. The van der Waals surface area contributed by atoms with Crippen LogP contribution in [0.5, 0.6) is 0 Å². The Morgan fingerprint density at radius 1 is 1.53 bits per heavy atom. The minimum Gasteiger partial charge on any atom is -0.256 e. The van der Waals surface area contributed by atoms with E-state index in [1.165, 1.54) is 13.1 Å². The summed E-state index contributed by atoms with van der Waals surface area (Å²) in [6, 6.07) is 0. The molecular formula is C9H7ClF3N3O. The maximum atomic E-state index is 12.8. The Morgan fingerprint density at radius 3 is 2.53 bits per heavy atom. The van der Waals surface area contributed by atoms with Gasteiger partial charge in [0.25, 0.3) is 0 Å². The van der Waals surface area contributed by atoms with Crippen molar-refractivity contribution in [2.24, 2.45) is 12.0 Å². The van der Waals surface area contributed by atoms with E-state index in [0.717, 1.165) is 4.68 Å². The van der Waals surface area contributed by atoms with Crippen LogP contribution >= 0.6 is 11.6 Å². The molecule has 1 aromatic rings. The summed E-state index contributed by atoms with van der Waals surface area (Å²) in [4.78, 5) is 13.7. The zero-order valence-corrected chi connectivity index (χ0v) is 9.43. The van der Waals surface area contributed by atoms with Gasteiger partial charge in [0, 0.05) is 7.05 Å². The highest BCUT2D eigenvalue weighted by Crippen LogP contribution is 2.54. The molecule has 1 heterocycles. The molecule has 17 heavy (non-hydrogen) atoms. The number of aryl methyl sites for hydroxylation is 1. The molecule has 92 valence electrons. The molecule has 0 spiro atoms. The summed E-state index contributed by atoms with van der Waals surface area (Å²) < 4.78 is 39.2. The van der Waals surface area contributed by atoms with Gasteiger partial charge in [-0.3, -0.25) is 4.68 Å². The minimum atomic E-state index is -4.62. The molecule has 1 saturated carbocycles. The molecular weight excluding hydrogens is 259 g/mol. The van der Waals surface area contributed by atoms with E-state index >= 15 is 0 Å². The molecule has 1 aliphatic rings. The zero-order valence-electron chi connectivity index (χ0n) is 8.68. The number of hydrogen-bond donors (Lipinski definition) is 0. The van der Waals surface area contributed by atoms with Crippen LogP contribution in [0.25, 0.3) is 0 Å². The maximum absolute atomic E-state index is 12.8. The summed E-state index contributed by atoms with van der Waals surface area (Å²) in [6.07, 6.45) is -2.63. The summed E-state index contributed by atoms with van der Waals surface area (Å²) in [5.41, 5.74) is -2.49. The number of halogens is 4. The van der Waals surface area contributed by atoms with Gasteiger partial charge in [0.2, 0.25) is 6.08 Å². The third kappa shape index (κ3) is 1.85. The average molecular weight is 266 g/mol. The molecule has 1 fully saturated rings. The second kappa shape index (κ2) is 3.58. The smallest absolute Gasteiger partial charge is 0.256 e. The van der Waals surface area contributed by atoms with E-state index < -0.39 is 17.4 Å². The maximum Gasteiger partial charge on any atom is 0.435 e. The van der Waals surface area contributed by atoms with Crippen LogP contribution < -0.4 is 0 Å². The van der Waals surface area contributed by atoms with E-state index in [1.807, 2.05) is 0 Å². The molecule has 0 radical (unpaired) electrons. The molecule has 0 saturated heterocycles. The van der Waals surface area contributed by atoms with Crippen LogP contribution in [0.4, 0.5) is 13.2 Å². The first-order valence-electron chi connectivity index (χ1n) is 4.71. The number of carbonyl (C=O) groups excluding carboxylic acids is 1. The van der Waals surface area contributed by atoms with Crippen molar-refractivity contribution in [1.29, 1.82) is 0 Å². The summed E-state index contributed by atoms with van der Waals surface area (Å²) in [5.74, 6) is 0. The Labute approximate surface area is 99.1 Å². The lowest BCUT2D eigenvalue weighted by molar-refractivity contribution is -0.142. The van der Waals surface area contributed by atoms with Crippen molar-refractivity contribution in [2.75, 3.05) is 0 Å². The average Bonchev–Trinajstić information content (AvgIpc) is 2.89. The van der Waals surface area contributed by atoms with E-state index in [1.54, 1.807) is 0 Å². The number of nitrogens with zero attached hydrogens (tertiary/aromatic N) is 3. The van der Waals surface area contributed by atoms with Crippen LogP contribution in [0, 0.1) is 0 Å². The van der Waals surface area contributed by atoms with Crippen molar-refractivity contribution < 1.29 is 18.0 Å². The molecule has 0 N–H and O–H groups in total. The van der Waals surface area contributed by atoms with Gasteiger partial charge in [-0.25, -0.2) is 4.79 Å². The standard InChI is InChI=1S/C9H7ClF3N3O/c1-16-7(10)5(6(15-16)9(11,12)13)8(2-3-8)14-4-17/h2-3H2,1H3. The van der Waals surface area contributed by atoms with Crippen LogP contribution in [-0.2, 0) is 23.6 Å². The Hall–Kier alpha value is -1.33. The van der Waals surface area contributed by atoms with Crippen molar-refractivity contribution in [2.45, 2.75) is 24.6 Å². The highest BCUT2D eigenvalue weighted by molar-refractivity contribution is 6.30. The molecule has 0 atom stereocenters. The van der Waals surface area contributed by atoms with Gasteiger partial charge in [0.1, 0.15) is 10.7 Å². The van der Waals surface area contributed by atoms with Crippen molar-refractivity contribution in [3.8, 4) is 0 Å². The molecule has 2 rings (SSSR count). The topological polar surface area (TPSA) is 47.2 Å². The molecule has 0 aliphatic heterocycles. The summed E-state index contributed by atoms with van der Waals surface area (Å²) >= 11 is 5.79. The van der Waals surface area contributed by atoms with Gasteiger partial charge in [-0.15, -0.1) is 0 Å². The van der Waals surface area contributed by atoms with Gasteiger partial charge in [0.15, 0.2) is 5.69 Å². The third-order valence-electron chi connectivity index (χ3n) is 2.69. The lowest BCUT2D eigenvalue weighted by Crippen LogP contribution is -2.14. The predicted octanol–water partition coefficient (Wildman–Crippen LogP) is 2.42. The minimum absolute atomic E-state index is 0.145. The van der Waals surface area contributed by atoms with Crippen LogP contribution in [0.15, 0.2) is 4.99 Å². The van der Waals surface area contributed by atoms with Crippen molar-refractivity contribution in [3.63, 3.8) is 0 Å². The SMILES string of the molecule is Cn1nc(C(F)(F)F)c(C2(N=C=O)CC2)c1Cl. The number of aliphatic imine (C=N–C) groups is 1. The van der Waals surface area contributed by atoms with Crippen LogP contribution in [0.3, 0.4) is 0 Å². The van der Waals surface area contributed by atoms with Crippen LogP contribution in [-0.4, -0.2) is 15.9 Å². The van der Waals surface area contributed by atoms with E-state index in [-0.39, 0.29) is 10.7 Å². The lowest BCUT2D eigenvalue weighted by atomic mass is 10.1. The summed E-state index contributed by atoms with van der Waals surface area (Å²) in [5, 5.41) is 3.20. The molecule has 0 amide bonds. The zero-order chi connectivity index (χ0) is 12.8. The van der Waals surface area contributed by atoms with Gasteiger partial charge in [-0.05, 0) is 12.8 Å². The first-order chi connectivity index (χ1) is 7.82. The van der Waals surface area contributed by atoms with E-state index in [2.05, 4.69) is 10.1 Å². The molecule has 0 unspecified atom stereocenters. The third-order valence-corrected chi connectivity index (χ3v) is 3.13.